The van der Waals surface area contributed by atoms with Gasteiger partial charge in [-0.15, -0.1) is 15.0 Å². The summed E-state index contributed by atoms with van der Waals surface area (Å²) < 4.78 is 0. The first-order chi connectivity index (χ1) is 13.0. The van der Waals surface area contributed by atoms with Crippen molar-refractivity contribution in [3.63, 3.8) is 0 Å². The van der Waals surface area contributed by atoms with Crippen LogP contribution in [-0.2, 0) is 0 Å². The fourth-order valence-electron chi connectivity index (χ4n) is 3.01. The van der Waals surface area contributed by atoms with Crippen LogP contribution in [0.1, 0.15) is 41.3 Å². The highest BCUT2D eigenvalue weighted by Gasteiger charge is 2.21. The van der Waals surface area contributed by atoms with Gasteiger partial charge in [0.25, 0.3) is 0 Å². The van der Waals surface area contributed by atoms with Gasteiger partial charge in [-0.25, -0.2) is 0 Å². The third-order valence-corrected chi connectivity index (χ3v) is 4.56. The van der Waals surface area contributed by atoms with Crippen molar-refractivity contribution in [1.82, 2.24) is 15.0 Å². The van der Waals surface area contributed by atoms with Gasteiger partial charge < -0.3 is 5.11 Å². The van der Waals surface area contributed by atoms with Crippen LogP contribution in [0, 0.1) is 0 Å². The molecule has 0 aliphatic heterocycles. The van der Waals surface area contributed by atoms with Crippen LogP contribution in [0.15, 0.2) is 66.7 Å². The van der Waals surface area contributed by atoms with Gasteiger partial charge >= 0.3 is 0 Å². The molecule has 0 saturated heterocycles. The molecule has 4 rings (SSSR count). The maximum absolute atomic E-state index is 13.0. The van der Waals surface area contributed by atoms with Crippen LogP contribution >= 0.6 is 0 Å². The predicted octanol–water partition coefficient (Wildman–Crippen LogP) is 4.48. The van der Waals surface area contributed by atoms with Crippen molar-refractivity contribution in [3.8, 4) is 11.4 Å². The van der Waals surface area contributed by atoms with Crippen LogP contribution in [-0.4, -0.2) is 25.9 Å². The smallest absolute Gasteiger partial charge is 0.196 e. The number of phenolic OH excluding ortho intramolecular Hbond substituents is 1. The summed E-state index contributed by atoms with van der Waals surface area (Å²) in [7, 11) is 0. The number of carbonyl (C=O) groups is 1. The van der Waals surface area contributed by atoms with Gasteiger partial charge in [0.2, 0.25) is 0 Å². The molecule has 3 aromatic carbocycles. The molecule has 0 amide bonds. The number of ketones is 1. The number of nitrogens with zero attached hydrogens (tertiary/aromatic N) is 3. The summed E-state index contributed by atoms with van der Waals surface area (Å²) in [6.07, 6.45) is 0. The van der Waals surface area contributed by atoms with Gasteiger partial charge in [-0.2, -0.15) is 0 Å². The Hall–Kier alpha value is -3.47. The van der Waals surface area contributed by atoms with E-state index < -0.39 is 0 Å². The molecule has 0 aliphatic carbocycles. The van der Waals surface area contributed by atoms with Crippen molar-refractivity contribution < 1.29 is 9.90 Å². The van der Waals surface area contributed by atoms with Crippen LogP contribution < -0.4 is 0 Å². The lowest BCUT2D eigenvalue weighted by Crippen LogP contribution is -2.08. The minimum Gasteiger partial charge on any atom is -0.505 e. The van der Waals surface area contributed by atoms with Crippen molar-refractivity contribution in [2.24, 2.45) is 0 Å². The molecule has 0 fully saturated rings. The summed E-state index contributed by atoms with van der Waals surface area (Å²) in [5, 5.41) is 19.8. The van der Waals surface area contributed by atoms with Crippen LogP contribution in [0.3, 0.4) is 0 Å². The van der Waals surface area contributed by atoms with Gasteiger partial charge in [0.15, 0.2) is 11.5 Å². The molecule has 1 aromatic heterocycles. The van der Waals surface area contributed by atoms with Gasteiger partial charge in [0, 0.05) is 5.56 Å². The number of hydrogen-bond donors (Lipinski definition) is 1. The fourth-order valence-corrected chi connectivity index (χ4v) is 3.01. The van der Waals surface area contributed by atoms with E-state index >= 15 is 0 Å². The third-order valence-electron chi connectivity index (χ3n) is 4.56. The average molecular weight is 357 g/mol. The van der Waals surface area contributed by atoms with E-state index in [0.29, 0.717) is 11.3 Å². The molecule has 0 bridgehead atoms. The summed E-state index contributed by atoms with van der Waals surface area (Å²) in [6.45, 7) is 4.08. The molecule has 0 radical (unpaired) electrons. The summed E-state index contributed by atoms with van der Waals surface area (Å²) >= 11 is 0. The second-order valence-electron chi connectivity index (χ2n) is 6.76. The maximum Gasteiger partial charge on any atom is 0.196 e. The standard InChI is InChI=1S/C22H19N3O2/c1-14(2)16-12-17(21(26)15-8-4-3-5-9-15)22(27)20(13-16)25-23-18-10-6-7-11-19(18)24-25/h3-14,27H,1-2H3. The van der Waals surface area contributed by atoms with Crippen molar-refractivity contribution in [2.75, 3.05) is 0 Å². The Morgan fingerprint density at radius 1 is 0.926 bits per heavy atom. The summed E-state index contributed by atoms with van der Waals surface area (Å²) in [5.41, 5.74) is 3.56. The van der Waals surface area contributed by atoms with Crippen molar-refractivity contribution in [1.29, 1.82) is 0 Å². The number of carbonyl (C=O) groups excluding carboxylic acids is 1. The van der Waals surface area contributed by atoms with Gasteiger partial charge in [-0.1, -0.05) is 56.3 Å². The van der Waals surface area contributed by atoms with Gasteiger partial charge in [0.1, 0.15) is 16.7 Å². The van der Waals surface area contributed by atoms with E-state index in [9.17, 15) is 9.90 Å². The van der Waals surface area contributed by atoms with E-state index in [2.05, 4.69) is 10.2 Å². The van der Waals surface area contributed by atoms with E-state index in [1.54, 1.807) is 30.3 Å². The highest BCUT2D eigenvalue weighted by molar-refractivity contribution is 6.11. The summed E-state index contributed by atoms with van der Waals surface area (Å²) in [5.74, 6) is -0.168. The van der Waals surface area contributed by atoms with Crippen molar-refractivity contribution >= 4 is 16.8 Å². The van der Waals surface area contributed by atoms with E-state index in [1.165, 1.54) is 4.80 Å². The fraction of sp³-hybridized carbons (Fsp3) is 0.136. The average Bonchev–Trinajstić information content (AvgIpc) is 3.12. The lowest BCUT2D eigenvalue weighted by Gasteiger charge is -2.14. The maximum atomic E-state index is 13.0. The zero-order valence-electron chi connectivity index (χ0n) is 15.1. The summed E-state index contributed by atoms with van der Waals surface area (Å²) in [6, 6.07) is 20.0. The van der Waals surface area contributed by atoms with Crippen LogP contribution in [0.25, 0.3) is 16.7 Å². The van der Waals surface area contributed by atoms with Crippen LogP contribution in [0.5, 0.6) is 5.75 Å². The zero-order chi connectivity index (χ0) is 19.0. The van der Waals surface area contributed by atoms with Crippen molar-refractivity contribution in [2.45, 2.75) is 19.8 Å². The molecule has 1 heterocycles. The molecule has 0 spiro atoms. The topological polar surface area (TPSA) is 68.0 Å². The van der Waals surface area contributed by atoms with Crippen LogP contribution in [0.2, 0.25) is 0 Å². The number of hydrogen-bond acceptors (Lipinski definition) is 4. The molecule has 0 unspecified atom stereocenters. The SMILES string of the molecule is CC(C)c1cc(C(=O)c2ccccc2)c(O)c(-n2nc3ccccc3n2)c1. The van der Waals surface area contributed by atoms with E-state index in [1.807, 2.05) is 50.2 Å². The molecule has 0 saturated carbocycles. The molecule has 0 aliphatic rings. The second kappa shape index (κ2) is 6.68. The normalized spacial score (nSPS) is 11.2. The minimum atomic E-state index is -0.228. The minimum absolute atomic E-state index is 0.117. The van der Waals surface area contributed by atoms with E-state index in [0.717, 1.165) is 16.6 Å². The Morgan fingerprint density at radius 2 is 1.52 bits per heavy atom. The molecule has 5 nitrogen and oxygen atoms in total. The first kappa shape index (κ1) is 17.0. The Labute approximate surface area is 156 Å². The number of aromatic hydroxyl groups is 1. The van der Waals surface area contributed by atoms with Crippen molar-refractivity contribution in [3.05, 3.63) is 83.4 Å². The Bertz CT molecular complexity index is 1100. The molecule has 5 heteroatoms. The number of rotatable bonds is 4. The quantitative estimate of drug-likeness (QED) is 0.547. The monoisotopic (exact) mass is 357 g/mol. The first-order valence-corrected chi connectivity index (χ1v) is 8.83. The molecular formula is C22H19N3O2. The van der Waals surface area contributed by atoms with Gasteiger partial charge in [-0.05, 0) is 35.7 Å². The van der Waals surface area contributed by atoms with E-state index in [4.69, 9.17) is 0 Å². The Kier molecular flexibility index (Phi) is 4.20. The predicted molar refractivity (Wildman–Crippen MR) is 104 cm³/mol. The Balaban J connectivity index is 1.91. The number of phenols is 1. The number of aromatic nitrogens is 3. The second-order valence-corrected chi connectivity index (χ2v) is 6.76. The van der Waals surface area contributed by atoms with Crippen LogP contribution in [0.4, 0.5) is 0 Å². The largest absolute Gasteiger partial charge is 0.505 e. The van der Waals surface area contributed by atoms with Gasteiger partial charge in [0.05, 0.1) is 5.56 Å². The molecular weight excluding hydrogens is 338 g/mol. The first-order valence-electron chi connectivity index (χ1n) is 8.83. The molecule has 27 heavy (non-hydrogen) atoms. The highest BCUT2D eigenvalue weighted by Crippen LogP contribution is 2.32. The number of benzene rings is 3. The Morgan fingerprint density at radius 3 is 2.11 bits per heavy atom. The lowest BCUT2D eigenvalue weighted by atomic mass is 9.95. The molecule has 1 N–H and O–H groups in total. The zero-order valence-corrected chi connectivity index (χ0v) is 15.1. The third kappa shape index (κ3) is 3.08. The molecule has 4 aromatic rings. The lowest BCUT2D eigenvalue weighted by molar-refractivity contribution is 0.103. The van der Waals surface area contributed by atoms with E-state index in [-0.39, 0.29) is 23.0 Å². The summed E-state index contributed by atoms with van der Waals surface area (Å²) in [4.78, 5) is 14.4. The number of fused-ring (bicyclic) bond motifs is 1. The van der Waals surface area contributed by atoms with Gasteiger partial charge in [-0.3, -0.25) is 4.79 Å². The molecule has 0 atom stereocenters. The molecule has 134 valence electrons. The highest BCUT2D eigenvalue weighted by atomic mass is 16.3.